The first-order valence-electron chi connectivity index (χ1n) is 11.6. The number of hydrogen-bond donors (Lipinski definition) is 2. The van der Waals surface area contributed by atoms with E-state index < -0.39 is 6.10 Å². The summed E-state index contributed by atoms with van der Waals surface area (Å²) in [6.45, 7) is 11.7. The SMILES string of the molecule is CCc1cc(-c2nc(-c3cc(C)c(OC[C@H](O)CO)c(CC)c3)no2)cc(N(CC)CC)n1. The van der Waals surface area contributed by atoms with Crippen LogP contribution in [0.3, 0.4) is 0 Å². The number of pyridine rings is 1. The molecule has 2 heterocycles. The van der Waals surface area contributed by atoms with Crippen molar-refractivity contribution in [3.63, 3.8) is 0 Å². The summed E-state index contributed by atoms with van der Waals surface area (Å²) in [4.78, 5) is 11.6. The van der Waals surface area contributed by atoms with Crippen LogP contribution in [0.25, 0.3) is 22.8 Å². The molecule has 1 atom stereocenters. The second-order valence-electron chi connectivity index (χ2n) is 7.94. The molecule has 33 heavy (non-hydrogen) atoms. The van der Waals surface area contributed by atoms with Crippen molar-refractivity contribution in [3.8, 4) is 28.6 Å². The first kappa shape index (κ1) is 24.7. The molecule has 0 bridgehead atoms. The maximum atomic E-state index is 9.63. The maximum absolute atomic E-state index is 9.63. The highest BCUT2D eigenvalue weighted by Gasteiger charge is 2.17. The summed E-state index contributed by atoms with van der Waals surface area (Å²) in [5.74, 6) is 2.58. The molecule has 0 radical (unpaired) electrons. The summed E-state index contributed by atoms with van der Waals surface area (Å²) in [5.41, 5.74) is 4.55. The third-order valence-corrected chi connectivity index (χ3v) is 5.61. The summed E-state index contributed by atoms with van der Waals surface area (Å²) in [6.07, 6.45) is 0.638. The lowest BCUT2D eigenvalue weighted by Crippen LogP contribution is -2.23. The van der Waals surface area contributed by atoms with Crippen LogP contribution in [0.2, 0.25) is 0 Å². The molecule has 0 spiro atoms. The molecular weight excluding hydrogens is 420 g/mol. The number of nitrogens with zero attached hydrogens (tertiary/aromatic N) is 4. The lowest BCUT2D eigenvalue weighted by Gasteiger charge is -2.20. The zero-order valence-electron chi connectivity index (χ0n) is 20.1. The Balaban J connectivity index is 1.94. The molecule has 3 rings (SSSR count). The van der Waals surface area contributed by atoms with E-state index in [1.165, 1.54) is 0 Å². The van der Waals surface area contributed by atoms with Crippen LogP contribution in [-0.4, -0.2) is 57.7 Å². The molecule has 2 aromatic heterocycles. The number of benzene rings is 1. The number of hydrogen-bond acceptors (Lipinski definition) is 8. The predicted octanol–water partition coefficient (Wildman–Crippen LogP) is 3.81. The van der Waals surface area contributed by atoms with Gasteiger partial charge < -0.3 is 24.4 Å². The van der Waals surface area contributed by atoms with Crippen molar-refractivity contribution < 1.29 is 19.5 Å². The molecule has 0 aliphatic carbocycles. The average molecular weight is 455 g/mol. The molecule has 1 aromatic carbocycles. The van der Waals surface area contributed by atoms with E-state index >= 15 is 0 Å². The summed E-state index contributed by atoms with van der Waals surface area (Å²) in [5, 5.41) is 22.9. The van der Waals surface area contributed by atoms with Crippen molar-refractivity contribution in [2.24, 2.45) is 0 Å². The highest BCUT2D eigenvalue weighted by atomic mass is 16.5. The second-order valence-corrected chi connectivity index (χ2v) is 7.94. The van der Waals surface area contributed by atoms with E-state index in [0.717, 1.165) is 59.7 Å². The van der Waals surface area contributed by atoms with Gasteiger partial charge in [0.2, 0.25) is 5.82 Å². The third-order valence-electron chi connectivity index (χ3n) is 5.61. The standard InChI is InChI=1S/C25H34N4O4/c1-6-17-11-18(10-16(5)23(17)32-15-21(31)14-30)24-27-25(33-28-24)19-12-20(7-2)26-22(13-19)29(8-3)9-4/h10-13,21,30-31H,6-9,14-15H2,1-5H3/t21-/m1/s1. The Hall–Kier alpha value is -2.97. The Kier molecular flexibility index (Phi) is 8.41. The smallest absolute Gasteiger partial charge is 0.258 e. The van der Waals surface area contributed by atoms with Gasteiger partial charge in [-0.05, 0) is 69.0 Å². The summed E-state index contributed by atoms with van der Waals surface area (Å²) in [6, 6.07) is 7.92. The fraction of sp³-hybridized carbons (Fsp3) is 0.480. The minimum absolute atomic E-state index is 0.0344. The van der Waals surface area contributed by atoms with Crippen LogP contribution in [0.4, 0.5) is 5.82 Å². The lowest BCUT2D eigenvalue weighted by molar-refractivity contribution is 0.0531. The van der Waals surface area contributed by atoms with Crippen LogP contribution in [0.5, 0.6) is 5.75 Å². The van der Waals surface area contributed by atoms with Gasteiger partial charge in [0.05, 0.1) is 6.61 Å². The molecule has 0 aliphatic heterocycles. The van der Waals surface area contributed by atoms with Gasteiger partial charge >= 0.3 is 0 Å². The number of ether oxygens (including phenoxy) is 1. The van der Waals surface area contributed by atoms with E-state index in [9.17, 15) is 5.11 Å². The molecule has 8 heteroatoms. The second kappa shape index (κ2) is 11.2. The van der Waals surface area contributed by atoms with Crippen LogP contribution < -0.4 is 9.64 Å². The molecule has 0 fully saturated rings. The Morgan fingerprint density at radius 1 is 1.00 bits per heavy atom. The molecule has 3 aromatic rings. The van der Waals surface area contributed by atoms with Gasteiger partial charge in [-0.2, -0.15) is 4.98 Å². The quantitative estimate of drug-likeness (QED) is 0.451. The van der Waals surface area contributed by atoms with Crippen molar-refractivity contribution in [3.05, 3.63) is 41.1 Å². The van der Waals surface area contributed by atoms with Crippen molar-refractivity contribution in [1.82, 2.24) is 15.1 Å². The van der Waals surface area contributed by atoms with Crippen molar-refractivity contribution in [2.75, 3.05) is 31.2 Å². The van der Waals surface area contributed by atoms with E-state index in [1.807, 2.05) is 38.1 Å². The molecule has 0 saturated carbocycles. The van der Waals surface area contributed by atoms with Gasteiger partial charge in [-0.25, -0.2) is 4.98 Å². The Bertz CT molecular complexity index is 1060. The lowest BCUT2D eigenvalue weighted by atomic mass is 10.0. The van der Waals surface area contributed by atoms with Gasteiger partial charge in [-0.15, -0.1) is 0 Å². The highest BCUT2D eigenvalue weighted by molar-refractivity contribution is 5.65. The fourth-order valence-corrected chi connectivity index (χ4v) is 3.72. The minimum atomic E-state index is -0.914. The van der Waals surface area contributed by atoms with E-state index in [0.29, 0.717) is 17.5 Å². The Morgan fingerprint density at radius 2 is 1.76 bits per heavy atom. The van der Waals surface area contributed by atoms with Crippen LogP contribution in [0.15, 0.2) is 28.8 Å². The van der Waals surface area contributed by atoms with Gasteiger partial charge in [-0.1, -0.05) is 19.0 Å². The average Bonchev–Trinajstić information content (AvgIpc) is 3.33. The zero-order valence-corrected chi connectivity index (χ0v) is 20.1. The number of aliphatic hydroxyl groups is 2. The van der Waals surface area contributed by atoms with Crippen molar-refractivity contribution in [2.45, 2.75) is 53.6 Å². The van der Waals surface area contributed by atoms with Crippen molar-refractivity contribution >= 4 is 5.82 Å². The van der Waals surface area contributed by atoms with Crippen LogP contribution in [-0.2, 0) is 12.8 Å². The number of anilines is 1. The predicted molar refractivity (Wildman–Crippen MR) is 129 cm³/mol. The Morgan fingerprint density at radius 3 is 2.39 bits per heavy atom. The van der Waals surface area contributed by atoms with Crippen LogP contribution in [0, 0.1) is 6.92 Å². The molecule has 0 saturated heterocycles. The van der Waals surface area contributed by atoms with Crippen LogP contribution in [0.1, 0.15) is 44.5 Å². The molecule has 0 unspecified atom stereocenters. The largest absolute Gasteiger partial charge is 0.490 e. The van der Waals surface area contributed by atoms with E-state index in [4.69, 9.17) is 19.4 Å². The highest BCUT2D eigenvalue weighted by Crippen LogP contribution is 2.32. The van der Waals surface area contributed by atoms with Gasteiger partial charge in [0.25, 0.3) is 5.89 Å². The third kappa shape index (κ3) is 5.69. The Labute approximate surface area is 195 Å². The van der Waals surface area contributed by atoms with E-state index in [-0.39, 0.29) is 13.2 Å². The number of aliphatic hydroxyl groups excluding tert-OH is 2. The van der Waals surface area contributed by atoms with Gasteiger partial charge in [0.1, 0.15) is 24.3 Å². The maximum Gasteiger partial charge on any atom is 0.258 e. The molecule has 0 amide bonds. The topological polar surface area (TPSA) is 105 Å². The summed E-state index contributed by atoms with van der Waals surface area (Å²) >= 11 is 0. The zero-order chi connectivity index (χ0) is 24.0. The normalized spacial score (nSPS) is 12.1. The van der Waals surface area contributed by atoms with Crippen molar-refractivity contribution in [1.29, 1.82) is 0 Å². The van der Waals surface area contributed by atoms with Gasteiger partial charge in [0, 0.05) is 29.9 Å². The molecule has 178 valence electrons. The van der Waals surface area contributed by atoms with E-state index in [1.54, 1.807) is 0 Å². The van der Waals surface area contributed by atoms with Gasteiger partial charge in [0.15, 0.2) is 0 Å². The summed E-state index contributed by atoms with van der Waals surface area (Å²) < 4.78 is 11.4. The van der Waals surface area contributed by atoms with Gasteiger partial charge in [-0.3, -0.25) is 0 Å². The molecule has 2 N–H and O–H groups in total. The monoisotopic (exact) mass is 454 g/mol. The first-order chi connectivity index (χ1) is 15.9. The first-order valence-corrected chi connectivity index (χ1v) is 11.6. The molecular formula is C25H34N4O4. The van der Waals surface area contributed by atoms with E-state index in [2.05, 4.69) is 35.8 Å². The number of aryl methyl sites for hydroxylation is 3. The fourth-order valence-electron chi connectivity index (χ4n) is 3.72. The minimum Gasteiger partial charge on any atom is -0.490 e. The molecule has 8 nitrogen and oxygen atoms in total. The number of rotatable bonds is 11. The number of aromatic nitrogens is 3. The van der Waals surface area contributed by atoms with Crippen LogP contribution >= 0.6 is 0 Å². The summed E-state index contributed by atoms with van der Waals surface area (Å²) in [7, 11) is 0. The molecule has 0 aliphatic rings.